The minimum atomic E-state index is -0.494. The zero-order valence-electron chi connectivity index (χ0n) is 24.9. The molecule has 0 spiro atoms. The lowest BCUT2D eigenvalue weighted by molar-refractivity contribution is -0.213. The van der Waals surface area contributed by atoms with Crippen molar-refractivity contribution < 1.29 is 19.0 Å². The number of hydrogen-bond donors (Lipinski definition) is 0. The monoisotopic (exact) mass is 510 g/mol. The molecule has 5 aliphatic carbocycles. The molecule has 2 aliphatic heterocycles. The van der Waals surface area contributed by atoms with Gasteiger partial charge in [0.25, 0.3) is 0 Å². The van der Waals surface area contributed by atoms with Crippen LogP contribution in [-0.4, -0.2) is 29.6 Å². The Morgan fingerprint density at radius 1 is 0.811 bits per heavy atom. The molecule has 37 heavy (non-hydrogen) atoms. The Hall–Kier alpha value is -0.870. The lowest BCUT2D eigenvalue weighted by Gasteiger charge is -2.71. The number of hydrogen-bond acceptors (Lipinski definition) is 4. The van der Waals surface area contributed by atoms with Crippen molar-refractivity contribution >= 4 is 5.97 Å². The van der Waals surface area contributed by atoms with Crippen molar-refractivity contribution in [3.05, 3.63) is 11.1 Å². The standard InChI is InChI=1S/C33H50O4/c1-19-12-15-33-17-16-30(7)20(24(33)32(19,9)37-26(33)34)10-11-23-29(6)18-21-25(36-28(4,5)35-21)27(2,3)22(29)13-14-31(23,30)8/h19,21-23,25H,10-18H2,1-9H3/t19-,21+,22+,23-,25+,29+,30-,31-,32+,33+/m1/s1. The predicted molar refractivity (Wildman–Crippen MR) is 144 cm³/mol. The maximum atomic E-state index is 13.5. The van der Waals surface area contributed by atoms with Gasteiger partial charge >= 0.3 is 5.97 Å². The van der Waals surface area contributed by atoms with E-state index in [1.807, 2.05) is 0 Å². The average Bonchev–Trinajstić information content (AvgIpc) is 3.19. The molecule has 206 valence electrons. The maximum absolute atomic E-state index is 13.5. The fourth-order valence-electron chi connectivity index (χ4n) is 12.4. The van der Waals surface area contributed by atoms with Crippen LogP contribution in [0.2, 0.25) is 0 Å². The number of rotatable bonds is 0. The third-order valence-electron chi connectivity index (χ3n) is 14.3. The third kappa shape index (κ3) is 2.67. The largest absolute Gasteiger partial charge is 0.454 e. The molecule has 0 unspecified atom stereocenters. The summed E-state index contributed by atoms with van der Waals surface area (Å²) < 4.78 is 19.5. The quantitative estimate of drug-likeness (QED) is 0.249. The van der Waals surface area contributed by atoms with Gasteiger partial charge in [-0.25, -0.2) is 0 Å². The molecule has 2 heterocycles. The number of carbonyl (C=O) groups is 1. The third-order valence-corrected chi connectivity index (χ3v) is 14.3. The number of carbonyl (C=O) groups excluding carboxylic acids is 1. The molecule has 10 atom stereocenters. The molecule has 0 aromatic rings. The fourth-order valence-corrected chi connectivity index (χ4v) is 12.4. The highest BCUT2D eigenvalue weighted by Crippen LogP contribution is 2.77. The Bertz CT molecular complexity index is 1100. The zero-order chi connectivity index (χ0) is 26.6. The van der Waals surface area contributed by atoms with Crippen LogP contribution in [-0.2, 0) is 19.0 Å². The van der Waals surface area contributed by atoms with Gasteiger partial charge in [0.15, 0.2) is 5.79 Å². The van der Waals surface area contributed by atoms with Crippen molar-refractivity contribution in [3.8, 4) is 0 Å². The van der Waals surface area contributed by atoms with E-state index in [0.717, 1.165) is 38.5 Å². The second-order valence-electron chi connectivity index (χ2n) is 16.4. The molecule has 6 fully saturated rings. The minimum absolute atomic E-state index is 0.0907. The number of esters is 1. The summed E-state index contributed by atoms with van der Waals surface area (Å²) in [5.41, 5.74) is 3.01. The van der Waals surface area contributed by atoms with E-state index in [9.17, 15) is 4.79 Å². The van der Waals surface area contributed by atoms with Gasteiger partial charge in [0.2, 0.25) is 0 Å². The molecule has 7 aliphatic rings. The number of ether oxygens (including phenoxy) is 3. The molecule has 0 aromatic heterocycles. The molecule has 2 saturated heterocycles. The van der Waals surface area contributed by atoms with Gasteiger partial charge in [-0.2, -0.15) is 0 Å². The summed E-state index contributed by atoms with van der Waals surface area (Å²) in [6.45, 7) is 21.6. The van der Waals surface area contributed by atoms with Crippen molar-refractivity contribution in [2.75, 3.05) is 0 Å². The van der Waals surface area contributed by atoms with Gasteiger partial charge < -0.3 is 14.2 Å². The molecular weight excluding hydrogens is 460 g/mol. The van der Waals surface area contributed by atoms with Gasteiger partial charge in [-0.3, -0.25) is 4.79 Å². The van der Waals surface area contributed by atoms with E-state index in [1.54, 1.807) is 5.57 Å². The zero-order valence-corrected chi connectivity index (χ0v) is 24.9. The van der Waals surface area contributed by atoms with Crippen LogP contribution in [0.3, 0.4) is 0 Å². The van der Waals surface area contributed by atoms with Crippen LogP contribution >= 0.6 is 0 Å². The Balaban J connectivity index is 1.34. The first-order valence-electron chi connectivity index (χ1n) is 15.4. The lowest BCUT2D eigenvalue weighted by Crippen LogP contribution is -2.66. The van der Waals surface area contributed by atoms with Gasteiger partial charge in [0.1, 0.15) is 5.60 Å². The first kappa shape index (κ1) is 25.1. The summed E-state index contributed by atoms with van der Waals surface area (Å²) in [6, 6.07) is 0. The number of fused-ring (bicyclic) bond motifs is 6. The smallest absolute Gasteiger partial charge is 0.317 e. The molecular formula is C33H50O4. The van der Waals surface area contributed by atoms with E-state index >= 15 is 0 Å². The molecule has 0 radical (unpaired) electrons. The Labute approximate surface area is 224 Å². The van der Waals surface area contributed by atoms with E-state index in [0.29, 0.717) is 17.8 Å². The fraction of sp³-hybridized carbons (Fsp3) is 0.909. The maximum Gasteiger partial charge on any atom is 0.317 e. The Morgan fingerprint density at radius 2 is 1.54 bits per heavy atom. The first-order valence-corrected chi connectivity index (χ1v) is 15.4. The van der Waals surface area contributed by atoms with E-state index < -0.39 is 11.4 Å². The molecule has 2 bridgehead atoms. The number of allylic oxidation sites excluding steroid dienone is 1. The molecule has 7 rings (SSSR count). The van der Waals surface area contributed by atoms with Gasteiger partial charge in [0.05, 0.1) is 17.6 Å². The summed E-state index contributed by atoms with van der Waals surface area (Å²) in [7, 11) is 0. The first-order chi connectivity index (χ1) is 17.1. The normalized spacial score (nSPS) is 57.0. The topological polar surface area (TPSA) is 44.8 Å². The van der Waals surface area contributed by atoms with E-state index in [-0.39, 0.29) is 45.3 Å². The predicted octanol–water partition coefficient (Wildman–Crippen LogP) is 7.60. The summed E-state index contributed by atoms with van der Waals surface area (Å²) in [5.74, 6) is 1.28. The summed E-state index contributed by atoms with van der Waals surface area (Å²) in [4.78, 5) is 13.5. The van der Waals surface area contributed by atoms with Gasteiger partial charge in [-0.1, -0.05) is 47.1 Å². The molecule has 0 aromatic carbocycles. The molecule has 0 amide bonds. The Morgan fingerprint density at radius 3 is 2.27 bits per heavy atom. The summed E-state index contributed by atoms with van der Waals surface area (Å²) >= 11 is 0. The van der Waals surface area contributed by atoms with Crippen LogP contribution in [0.1, 0.15) is 120 Å². The van der Waals surface area contributed by atoms with Gasteiger partial charge in [0, 0.05) is 0 Å². The van der Waals surface area contributed by atoms with E-state index in [4.69, 9.17) is 14.2 Å². The van der Waals surface area contributed by atoms with Crippen LogP contribution in [0.5, 0.6) is 0 Å². The highest BCUT2D eigenvalue weighted by Gasteiger charge is 2.73. The second kappa shape index (κ2) is 6.88. The SMILES string of the molecule is C[C@@H]1CC[C@]23CC[C@]4(C)C(=C2[C@@]1(C)OC3=O)CC[C@@H]1[C@@]2(C)C[C@@H]3OC(C)(C)O[C@@H]3C(C)(C)[C@@H]2CC[C@]14C. The summed E-state index contributed by atoms with van der Waals surface area (Å²) in [5, 5.41) is 0. The lowest BCUT2D eigenvalue weighted by atomic mass is 9.34. The van der Waals surface area contributed by atoms with Crippen molar-refractivity contribution in [2.45, 2.75) is 144 Å². The van der Waals surface area contributed by atoms with Crippen LogP contribution in [0.15, 0.2) is 11.1 Å². The van der Waals surface area contributed by atoms with Crippen LogP contribution in [0.25, 0.3) is 0 Å². The van der Waals surface area contributed by atoms with Crippen LogP contribution < -0.4 is 0 Å². The summed E-state index contributed by atoms with van der Waals surface area (Å²) in [6.07, 6.45) is 10.5. The highest BCUT2D eigenvalue weighted by molar-refractivity contribution is 5.87. The van der Waals surface area contributed by atoms with Crippen molar-refractivity contribution in [1.29, 1.82) is 0 Å². The van der Waals surface area contributed by atoms with Crippen molar-refractivity contribution in [3.63, 3.8) is 0 Å². The second-order valence-corrected chi connectivity index (χ2v) is 16.4. The minimum Gasteiger partial charge on any atom is -0.454 e. The molecule has 0 N–H and O–H groups in total. The molecule has 4 saturated carbocycles. The van der Waals surface area contributed by atoms with Gasteiger partial charge in [-0.15, -0.1) is 0 Å². The van der Waals surface area contributed by atoms with E-state index in [1.165, 1.54) is 24.8 Å². The Kier molecular flexibility index (Phi) is 4.67. The van der Waals surface area contributed by atoms with Crippen LogP contribution in [0.4, 0.5) is 0 Å². The van der Waals surface area contributed by atoms with Crippen molar-refractivity contribution in [1.82, 2.24) is 0 Å². The highest BCUT2D eigenvalue weighted by atomic mass is 16.8. The average molecular weight is 511 g/mol. The van der Waals surface area contributed by atoms with Crippen LogP contribution in [0, 0.1) is 44.8 Å². The molecule has 4 heteroatoms. The molecule has 4 nitrogen and oxygen atoms in total. The van der Waals surface area contributed by atoms with Gasteiger partial charge in [-0.05, 0) is 124 Å². The van der Waals surface area contributed by atoms with Crippen molar-refractivity contribution in [2.24, 2.45) is 44.8 Å². The van der Waals surface area contributed by atoms with E-state index in [2.05, 4.69) is 62.3 Å².